The van der Waals surface area contributed by atoms with Gasteiger partial charge in [0.05, 0.1) is 6.10 Å². The highest BCUT2D eigenvalue weighted by Crippen LogP contribution is 2.38. The Kier molecular flexibility index (Phi) is 5.94. The molecule has 0 aromatic rings. The first-order valence-electron chi connectivity index (χ1n) is 6.07. The van der Waals surface area contributed by atoms with Crippen molar-refractivity contribution in [3.8, 4) is 0 Å². The van der Waals surface area contributed by atoms with Crippen molar-refractivity contribution >= 4 is 8.32 Å². The molecule has 0 aliphatic heterocycles. The van der Waals surface area contributed by atoms with Gasteiger partial charge < -0.3 is 9.53 Å². The number of rotatable bonds is 6. The van der Waals surface area contributed by atoms with Crippen LogP contribution < -0.4 is 0 Å². The zero-order chi connectivity index (χ0) is 13.0. The van der Waals surface area contributed by atoms with Gasteiger partial charge in [0.2, 0.25) is 0 Å². The maximum atomic E-state index is 9.08. The van der Waals surface area contributed by atoms with E-state index in [1.54, 1.807) is 0 Å². The van der Waals surface area contributed by atoms with Gasteiger partial charge in [0.1, 0.15) is 0 Å². The van der Waals surface area contributed by atoms with Gasteiger partial charge in [-0.15, -0.1) is 6.58 Å². The van der Waals surface area contributed by atoms with Crippen LogP contribution in [0.25, 0.3) is 0 Å². The van der Waals surface area contributed by atoms with Crippen LogP contribution in [0.15, 0.2) is 12.7 Å². The summed E-state index contributed by atoms with van der Waals surface area (Å²) >= 11 is 0. The quantitative estimate of drug-likeness (QED) is 0.571. The van der Waals surface area contributed by atoms with Crippen LogP contribution in [0.1, 0.15) is 34.1 Å². The lowest BCUT2D eigenvalue weighted by atomic mass is 10.0. The third kappa shape index (κ3) is 4.40. The Morgan fingerprint density at radius 1 is 1.38 bits per heavy atom. The zero-order valence-corrected chi connectivity index (χ0v) is 12.7. The Balaban J connectivity index is 4.68. The molecule has 1 N–H and O–H groups in total. The highest BCUT2D eigenvalue weighted by atomic mass is 28.4. The average molecular weight is 244 g/mol. The molecule has 0 bridgehead atoms. The number of hydrogen-bond donors (Lipinski definition) is 1. The summed E-state index contributed by atoms with van der Waals surface area (Å²) in [5, 5.41) is 9.29. The summed E-state index contributed by atoms with van der Waals surface area (Å²) in [5.74, 6) is 0.293. The minimum absolute atomic E-state index is 0.100. The molecule has 0 aromatic carbocycles. The maximum absolute atomic E-state index is 9.08. The minimum Gasteiger partial charge on any atom is -0.413 e. The monoisotopic (exact) mass is 244 g/mol. The predicted octanol–water partition coefficient (Wildman–Crippen LogP) is 3.58. The van der Waals surface area contributed by atoms with E-state index in [-0.39, 0.29) is 17.7 Å². The van der Waals surface area contributed by atoms with E-state index in [9.17, 15) is 0 Å². The highest BCUT2D eigenvalue weighted by Gasteiger charge is 2.39. The summed E-state index contributed by atoms with van der Waals surface area (Å²) in [4.78, 5) is 0. The smallest absolute Gasteiger partial charge is 0.192 e. The third-order valence-electron chi connectivity index (χ3n) is 3.62. The van der Waals surface area contributed by atoms with E-state index in [1.807, 2.05) is 6.08 Å². The SMILES string of the molecule is C=C[C@@H](C)[C@H](CCO)O[Si](C)(C)C(C)(C)C. The predicted molar refractivity (Wildman–Crippen MR) is 73.1 cm³/mol. The molecule has 0 aromatic heterocycles. The summed E-state index contributed by atoms with van der Waals surface area (Å²) in [6.45, 7) is 17.3. The number of aliphatic hydroxyl groups excluding tert-OH is 1. The number of hydrogen-bond acceptors (Lipinski definition) is 2. The van der Waals surface area contributed by atoms with E-state index < -0.39 is 8.32 Å². The first-order valence-corrected chi connectivity index (χ1v) is 8.97. The fourth-order valence-electron chi connectivity index (χ4n) is 1.26. The van der Waals surface area contributed by atoms with Gasteiger partial charge in [-0.05, 0) is 30.5 Å². The topological polar surface area (TPSA) is 29.5 Å². The summed E-state index contributed by atoms with van der Waals surface area (Å²) < 4.78 is 6.30. The molecule has 0 saturated heterocycles. The average Bonchev–Trinajstić information content (AvgIpc) is 2.14. The standard InChI is InChI=1S/C13H28O2Si/c1-8-11(2)12(9-10-14)15-16(6,7)13(3,4)5/h8,11-12,14H,1,9-10H2,2-7H3/t11-,12+/m1/s1. The first-order chi connectivity index (χ1) is 7.15. The Hall–Kier alpha value is -0.123. The van der Waals surface area contributed by atoms with Crippen LogP contribution in [0.3, 0.4) is 0 Å². The molecule has 96 valence electrons. The molecule has 0 unspecified atom stereocenters. The molecule has 3 heteroatoms. The van der Waals surface area contributed by atoms with Crippen molar-refractivity contribution in [2.75, 3.05) is 6.61 Å². The van der Waals surface area contributed by atoms with Crippen molar-refractivity contribution in [2.45, 2.75) is 58.4 Å². The van der Waals surface area contributed by atoms with Gasteiger partial charge in [-0.25, -0.2) is 0 Å². The normalized spacial score (nSPS) is 16.9. The van der Waals surface area contributed by atoms with Crippen molar-refractivity contribution in [3.63, 3.8) is 0 Å². The first kappa shape index (κ1) is 15.9. The van der Waals surface area contributed by atoms with Gasteiger partial charge in [-0.3, -0.25) is 0 Å². The van der Waals surface area contributed by atoms with E-state index >= 15 is 0 Å². The molecule has 16 heavy (non-hydrogen) atoms. The van der Waals surface area contributed by atoms with Crippen LogP contribution in [0.4, 0.5) is 0 Å². The van der Waals surface area contributed by atoms with Gasteiger partial charge >= 0.3 is 0 Å². The van der Waals surface area contributed by atoms with Gasteiger partial charge in [-0.1, -0.05) is 33.8 Å². The number of aliphatic hydroxyl groups is 1. The van der Waals surface area contributed by atoms with Crippen LogP contribution in [0, 0.1) is 5.92 Å². The molecule has 0 heterocycles. The van der Waals surface area contributed by atoms with E-state index in [0.29, 0.717) is 12.3 Å². The Labute approximate surface area is 102 Å². The minimum atomic E-state index is -1.74. The van der Waals surface area contributed by atoms with Crippen LogP contribution in [-0.2, 0) is 4.43 Å². The van der Waals surface area contributed by atoms with Crippen LogP contribution >= 0.6 is 0 Å². The van der Waals surface area contributed by atoms with Crippen LogP contribution in [0.2, 0.25) is 18.1 Å². The van der Waals surface area contributed by atoms with Gasteiger partial charge in [-0.2, -0.15) is 0 Å². The van der Waals surface area contributed by atoms with Crippen molar-refractivity contribution in [1.82, 2.24) is 0 Å². The van der Waals surface area contributed by atoms with Crippen molar-refractivity contribution in [2.24, 2.45) is 5.92 Å². The Morgan fingerprint density at radius 3 is 2.19 bits per heavy atom. The van der Waals surface area contributed by atoms with Crippen molar-refractivity contribution < 1.29 is 9.53 Å². The second-order valence-electron chi connectivity index (χ2n) is 6.02. The van der Waals surface area contributed by atoms with Crippen molar-refractivity contribution in [1.29, 1.82) is 0 Å². The molecule has 0 spiro atoms. The molecule has 0 radical (unpaired) electrons. The molecule has 2 nitrogen and oxygen atoms in total. The molecule has 0 aliphatic rings. The van der Waals surface area contributed by atoms with Gasteiger partial charge in [0.25, 0.3) is 0 Å². The lowest BCUT2D eigenvalue weighted by molar-refractivity contribution is 0.111. The Morgan fingerprint density at radius 2 is 1.88 bits per heavy atom. The Bertz CT molecular complexity index is 218. The van der Waals surface area contributed by atoms with E-state index in [2.05, 4.69) is 47.4 Å². The molecular weight excluding hydrogens is 216 g/mol. The summed E-state index contributed by atoms with van der Waals surface area (Å²) in [6, 6.07) is 0. The van der Waals surface area contributed by atoms with Crippen LogP contribution in [0.5, 0.6) is 0 Å². The van der Waals surface area contributed by atoms with Crippen molar-refractivity contribution in [3.05, 3.63) is 12.7 Å². The lowest BCUT2D eigenvalue weighted by Crippen LogP contribution is -2.45. The van der Waals surface area contributed by atoms with E-state index in [0.717, 1.165) is 0 Å². The lowest BCUT2D eigenvalue weighted by Gasteiger charge is -2.40. The molecule has 2 atom stereocenters. The highest BCUT2D eigenvalue weighted by molar-refractivity contribution is 6.74. The second kappa shape index (κ2) is 5.99. The zero-order valence-electron chi connectivity index (χ0n) is 11.7. The maximum Gasteiger partial charge on any atom is 0.192 e. The van der Waals surface area contributed by atoms with E-state index in [4.69, 9.17) is 9.53 Å². The molecule has 0 saturated carbocycles. The van der Waals surface area contributed by atoms with Crippen LogP contribution in [-0.4, -0.2) is 26.1 Å². The van der Waals surface area contributed by atoms with E-state index in [1.165, 1.54) is 0 Å². The molecular formula is C13H28O2Si. The summed E-state index contributed by atoms with van der Waals surface area (Å²) in [5.41, 5.74) is 0. The summed E-state index contributed by atoms with van der Waals surface area (Å²) in [7, 11) is -1.74. The fourth-order valence-corrected chi connectivity index (χ4v) is 2.71. The second-order valence-corrected chi connectivity index (χ2v) is 10.8. The molecule has 0 aliphatic carbocycles. The molecule has 0 fully saturated rings. The van der Waals surface area contributed by atoms with Gasteiger partial charge in [0, 0.05) is 6.61 Å². The largest absolute Gasteiger partial charge is 0.413 e. The van der Waals surface area contributed by atoms with Gasteiger partial charge in [0.15, 0.2) is 8.32 Å². The summed E-state index contributed by atoms with van der Waals surface area (Å²) in [6.07, 6.45) is 2.70. The third-order valence-corrected chi connectivity index (χ3v) is 8.13. The fraction of sp³-hybridized carbons (Fsp3) is 0.846. The molecule has 0 amide bonds. The molecule has 0 rings (SSSR count).